The highest BCUT2D eigenvalue weighted by Gasteiger charge is 2.21. The van der Waals surface area contributed by atoms with Crippen LogP contribution in [0.25, 0.3) is 0 Å². The number of nitrogens with two attached hydrogens (primary N) is 2. The lowest BCUT2D eigenvalue weighted by Crippen LogP contribution is -2.37. The van der Waals surface area contributed by atoms with Gasteiger partial charge in [0, 0.05) is 25.3 Å². The molecule has 0 saturated carbocycles. The Hall–Kier alpha value is -1.75. The quantitative estimate of drug-likeness (QED) is 0.683. The van der Waals surface area contributed by atoms with Crippen LogP contribution in [0.1, 0.15) is 23.2 Å². The molecule has 0 aromatic heterocycles. The SMILES string of the molecule is NC(=O)c1ccc(N)c(N2CCCC(CO)C2)c1. The van der Waals surface area contributed by atoms with Gasteiger partial charge in [0.1, 0.15) is 0 Å². The van der Waals surface area contributed by atoms with Crippen LogP contribution >= 0.6 is 0 Å². The van der Waals surface area contributed by atoms with E-state index in [2.05, 4.69) is 4.90 Å². The highest BCUT2D eigenvalue weighted by atomic mass is 16.3. The van der Waals surface area contributed by atoms with Gasteiger partial charge in [-0.25, -0.2) is 0 Å². The number of benzene rings is 1. The summed E-state index contributed by atoms with van der Waals surface area (Å²) in [7, 11) is 0. The number of nitrogens with zero attached hydrogens (tertiary/aromatic N) is 1. The second-order valence-electron chi connectivity index (χ2n) is 4.77. The van der Waals surface area contributed by atoms with Crippen molar-refractivity contribution in [1.29, 1.82) is 0 Å². The fourth-order valence-electron chi connectivity index (χ4n) is 2.40. The number of aliphatic hydroxyl groups excluding tert-OH is 1. The van der Waals surface area contributed by atoms with E-state index in [1.807, 2.05) is 0 Å². The number of anilines is 2. The molecular formula is C13H19N3O2. The van der Waals surface area contributed by atoms with Crippen molar-refractivity contribution in [3.05, 3.63) is 23.8 Å². The van der Waals surface area contributed by atoms with E-state index in [-0.39, 0.29) is 12.5 Å². The summed E-state index contributed by atoms with van der Waals surface area (Å²) in [4.78, 5) is 13.3. The van der Waals surface area contributed by atoms with Crippen LogP contribution < -0.4 is 16.4 Å². The van der Waals surface area contributed by atoms with E-state index in [9.17, 15) is 9.90 Å². The van der Waals surface area contributed by atoms with Crippen LogP contribution in [0, 0.1) is 5.92 Å². The van der Waals surface area contributed by atoms with Gasteiger partial charge >= 0.3 is 0 Å². The first-order chi connectivity index (χ1) is 8.61. The topological polar surface area (TPSA) is 92.6 Å². The van der Waals surface area contributed by atoms with Gasteiger partial charge in [-0.2, -0.15) is 0 Å². The van der Waals surface area contributed by atoms with E-state index < -0.39 is 5.91 Å². The fourth-order valence-corrected chi connectivity index (χ4v) is 2.40. The molecule has 1 aromatic rings. The molecule has 1 aromatic carbocycles. The number of piperidine rings is 1. The zero-order valence-electron chi connectivity index (χ0n) is 10.3. The zero-order valence-corrected chi connectivity index (χ0v) is 10.3. The van der Waals surface area contributed by atoms with Crippen molar-refractivity contribution < 1.29 is 9.90 Å². The van der Waals surface area contributed by atoms with Crippen molar-refractivity contribution in [2.24, 2.45) is 11.7 Å². The second-order valence-corrected chi connectivity index (χ2v) is 4.77. The smallest absolute Gasteiger partial charge is 0.248 e. The lowest BCUT2D eigenvalue weighted by atomic mass is 9.98. The third-order valence-corrected chi connectivity index (χ3v) is 3.43. The first kappa shape index (κ1) is 12.7. The summed E-state index contributed by atoms with van der Waals surface area (Å²) in [5, 5.41) is 9.24. The molecule has 1 fully saturated rings. The number of nitrogen functional groups attached to an aromatic ring is 1. The Morgan fingerprint density at radius 3 is 2.94 bits per heavy atom. The highest BCUT2D eigenvalue weighted by molar-refractivity contribution is 5.95. The average molecular weight is 249 g/mol. The Balaban J connectivity index is 2.26. The Labute approximate surface area is 106 Å². The molecule has 5 nitrogen and oxygen atoms in total. The molecule has 0 radical (unpaired) electrons. The monoisotopic (exact) mass is 249 g/mol. The third kappa shape index (κ3) is 2.56. The Kier molecular flexibility index (Phi) is 3.72. The van der Waals surface area contributed by atoms with Crippen LogP contribution in [0.5, 0.6) is 0 Å². The minimum atomic E-state index is -0.452. The van der Waals surface area contributed by atoms with E-state index in [1.54, 1.807) is 18.2 Å². The number of aliphatic hydroxyl groups is 1. The lowest BCUT2D eigenvalue weighted by molar-refractivity contribution is 0.100. The molecule has 1 saturated heterocycles. The minimum absolute atomic E-state index is 0.186. The molecule has 18 heavy (non-hydrogen) atoms. The highest BCUT2D eigenvalue weighted by Crippen LogP contribution is 2.29. The van der Waals surface area contributed by atoms with Crippen LogP contribution in [0.3, 0.4) is 0 Å². The molecule has 1 heterocycles. The normalized spacial score (nSPS) is 19.8. The van der Waals surface area contributed by atoms with Crippen LogP contribution in [-0.4, -0.2) is 30.7 Å². The van der Waals surface area contributed by atoms with Gasteiger partial charge in [-0.1, -0.05) is 0 Å². The zero-order chi connectivity index (χ0) is 13.1. The number of hydrogen-bond donors (Lipinski definition) is 3. The number of rotatable bonds is 3. The summed E-state index contributed by atoms with van der Waals surface area (Å²) in [5.74, 6) is -0.178. The van der Waals surface area contributed by atoms with Crippen molar-refractivity contribution in [1.82, 2.24) is 0 Å². The summed E-state index contributed by atoms with van der Waals surface area (Å²) >= 11 is 0. The van der Waals surface area contributed by atoms with Crippen LogP contribution in [0.15, 0.2) is 18.2 Å². The third-order valence-electron chi connectivity index (χ3n) is 3.43. The molecule has 1 atom stereocenters. The Morgan fingerprint density at radius 2 is 2.28 bits per heavy atom. The lowest BCUT2D eigenvalue weighted by Gasteiger charge is -2.34. The van der Waals surface area contributed by atoms with Gasteiger partial charge in [-0.15, -0.1) is 0 Å². The molecule has 1 aliphatic rings. The molecule has 0 aliphatic carbocycles. The molecule has 0 bridgehead atoms. The van der Waals surface area contributed by atoms with E-state index in [0.29, 0.717) is 11.3 Å². The van der Waals surface area contributed by atoms with Crippen LogP contribution in [0.2, 0.25) is 0 Å². The Bertz CT molecular complexity index is 448. The molecule has 1 amide bonds. The van der Waals surface area contributed by atoms with Crippen molar-refractivity contribution >= 4 is 17.3 Å². The maximum Gasteiger partial charge on any atom is 0.248 e. The van der Waals surface area contributed by atoms with Gasteiger partial charge in [0.15, 0.2) is 0 Å². The van der Waals surface area contributed by atoms with Gasteiger partial charge < -0.3 is 21.5 Å². The molecule has 98 valence electrons. The summed E-state index contributed by atoms with van der Waals surface area (Å²) in [6.45, 7) is 1.84. The van der Waals surface area contributed by atoms with Crippen molar-refractivity contribution in [2.75, 3.05) is 30.3 Å². The van der Waals surface area contributed by atoms with Crippen LogP contribution in [0.4, 0.5) is 11.4 Å². The molecule has 5 heteroatoms. The summed E-state index contributed by atoms with van der Waals surface area (Å²) in [6, 6.07) is 5.07. The van der Waals surface area contributed by atoms with E-state index in [0.717, 1.165) is 31.6 Å². The van der Waals surface area contributed by atoms with E-state index in [4.69, 9.17) is 11.5 Å². The summed E-state index contributed by atoms with van der Waals surface area (Å²) in [6.07, 6.45) is 2.05. The van der Waals surface area contributed by atoms with E-state index >= 15 is 0 Å². The number of hydrogen-bond acceptors (Lipinski definition) is 4. The fraction of sp³-hybridized carbons (Fsp3) is 0.462. The molecular weight excluding hydrogens is 230 g/mol. The van der Waals surface area contributed by atoms with Gasteiger partial charge in [0.25, 0.3) is 0 Å². The van der Waals surface area contributed by atoms with Crippen molar-refractivity contribution in [2.45, 2.75) is 12.8 Å². The molecule has 1 unspecified atom stereocenters. The number of amides is 1. The largest absolute Gasteiger partial charge is 0.397 e. The maximum absolute atomic E-state index is 11.2. The number of primary amides is 1. The average Bonchev–Trinajstić information content (AvgIpc) is 2.39. The van der Waals surface area contributed by atoms with Gasteiger partial charge in [0.2, 0.25) is 5.91 Å². The van der Waals surface area contributed by atoms with E-state index in [1.165, 1.54) is 0 Å². The predicted molar refractivity (Wildman–Crippen MR) is 71.4 cm³/mol. The standard InChI is InChI=1S/C13H19N3O2/c14-11-4-3-10(13(15)18)6-12(11)16-5-1-2-9(7-16)8-17/h3-4,6,9,17H,1-2,5,7-8,14H2,(H2,15,18). The van der Waals surface area contributed by atoms with Gasteiger partial charge in [-0.05, 0) is 37.0 Å². The summed E-state index contributed by atoms with van der Waals surface area (Å²) in [5.41, 5.74) is 13.2. The second kappa shape index (κ2) is 5.27. The molecule has 1 aliphatic heterocycles. The number of carbonyl (C=O) groups is 1. The Morgan fingerprint density at radius 1 is 1.50 bits per heavy atom. The molecule has 2 rings (SSSR count). The molecule has 0 spiro atoms. The summed E-state index contributed by atoms with van der Waals surface area (Å²) < 4.78 is 0. The van der Waals surface area contributed by atoms with Crippen molar-refractivity contribution in [3.63, 3.8) is 0 Å². The molecule has 5 N–H and O–H groups in total. The van der Waals surface area contributed by atoms with Gasteiger partial charge in [-0.3, -0.25) is 4.79 Å². The first-order valence-electron chi connectivity index (χ1n) is 6.17. The maximum atomic E-state index is 11.2. The van der Waals surface area contributed by atoms with Crippen molar-refractivity contribution in [3.8, 4) is 0 Å². The predicted octanol–water partition coefficient (Wildman–Crippen LogP) is 0.576. The first-order valence-corrected chi connectivity index (χ1v) is 6.17. The number of carbonyl (C=O) groups excluding carboxylic acids is 1. The van der Waals surface area contributed by atoms with Crippen LogP contribution in [-0.2, 0) is 0 Å². The minimum Gasteiger partial charge on any atom is -0.397 e. The van der Waals surface area contributed by atoms with Gasteiger partial charge in [0.05, 0.1) is 11.4 Å².